The second-order valence-electron chi connectivity index (χ2n) is 3.48. The molecule has 0 aliphatic carbocycles. The normalized spacial score (nSPS) is 10.4. The van der Waals surface area contributed by atoms with Gasteiger partial charge in [0.2, 0.25) is 0 Å². The summed E-state index contributed by atoms with van der Waals surface area (Å²) < 4.78 is 13.8. The van der Waals surface area contributed by atoms with Crippen LogP contribution in [0.15, 0.2) is 22.7 Å². The average Bonchev–Trinajstić information content (AvgIpc) is 2.65. The van der Waals surface area contributed by atoms with E-state index in [1.54, 1.807) is 13.0 Å². The van der Waals surface area contributed by atoms with E-state index >= 15 is 0 Å². The van der Waals surface area contributed by atoms with Crippen molar-refractivity contribution in [2.45, 2.75) is 6.92 Å². The minimum absolute atomic E-state index is 0.00928. The Kier molecular flexibility index (Phi) is 3.63. The lowest BCUT2D eigenvalue weighted by Crippen LogP contribution is -1.99. The van der Waals surface area contributed by atoms with Crippen LogP contribution < -0.4 is 5.32 Å². The number of aryl methyl sites for hydroxylation is 1. The third kappa shape index (κ3) is 2.68. The first-order valence-corrected chi connectivity index (χ1v) is 6.51. The van der Waals surface area contributed by atoms with Crippen LogP contribution in [0.2, 0.25) is 0 Å². The Morgan fingerprint density at radius 1 is 1.56 bits per heavy atom. The molecule has 0 amide bonds. The molecule has 0 atom stereocenters. The fraction of sp³-hybridized carbons (Fsp3) is 0.0909. The number of nitrogens with zero attached hydrogens (tertiary/aromatic N) is 1. The van der Waals surface area contributed by atoms with Gasteiger partial charge in [0.1, 0.15) is 5.82 Å². The lowest BCUT2D eigenvalue weighted by Gasteiger charge is -2.04. The van der Waals surface area contributed by atoms with E-state index in [9.17, 15) is 9.18 Å². The average molecular weight is 331 g/mol. The summed E-state index contributed by atoms with van der Waals surface area (Å²) in [6.07, 6.45) is 0. The van der Waals surface area contributed by atoms with E-state index < -0.39 is 5.97 Å². The van der Waals surface area contributed by atoms with E-state index in [4.69, 9.17) is 5.11 Å². The van der Waals surface area contributed by atoms with Crippen molar-refractivity contribution in [3.05, 3.63) is 39.1 Å². The van der Waals surface area contributed by atoms with Crippen LogP contribution in [0.1, 0.15) is 15.4 Å². The van der Waals surface area contributed by atoms with Crippen LogP contribution in [-0.2, 0) is 0 Å². The molecule has 4 nitrogen and oxygen atoms in total. The Balaban J connectivity index is 2.31. The van der Waals surface area contributed by atoms with Gasteiger partial charge in [-0.1, -0.05) is 0 Å². The van der Waals surface area contributed by atoms with E-state index in [-0.39, 0.29) is 11.5 Å². The van der Waals surface area contributed by atoms with E-state index in [0.717, 1.165) is 0 Å². The molecule has 2 aromatic rings. The number of aromatic carboxylic acids is 1. The van der Waals surface area contributed by atoms with E-state index in [2.05, 4.69) is 26.2 Å². The van der Waals surface area contributed by atoms with Crippen molar-refractivity contribution in [1.29, 1.82) is 0 Å². The summed E-state index contributed by atoms with van der Waals surface area (Å²) in [4.78, 5) is 15.4. The molecule has 1 aromatic heterocycles. The van der Waals surface area contributed by atoms with Gasteiger partial charge in [-0.05, 0) is 41.1 Å². The quantitative estimate of drug-likeness (QED) is 0.898. The van der Waals surface area contributed by atoms with Crippen LogP contribution in [0, 0.1) is 12.7 Å². The second-order valence-corrected chi connectivity index (χ2v) is 5.54. The van der Waals surface area contributed by atoms with Gasteiger partial charge < -0.3 is 10.4 Å². The first-order chi connectivity index (χ1) is 8.47. The number of halogens is 2. The predicted molar refractivity (Wildman–Crippen MR) is 71.2 cm³/mol. The summed E-state index contributed by atoms with van der Waals surface area (Å²) in [5.74, 6) is -1.46. The van der Waals surface area contributed by atoms with Crippen molar-refractivity contribution in [2.75, 3.05) is 5.32 Å². The molecule has 7 heteroatoms. The maximum Gasteiger partial charge on any atom is 0.355 e. The highest BCUT2D eigenvalue weighted by atomic mass is 79.9. The molecule has 0 aliphatic rings. The molecule has 2 rings (SSSR count). The largest absolute Gasteiger partial charge is 0.476 e. The lowest BCUT2D eigenvalue weighted by molar-refractivity contribution is 0.0690. The highest BCUT2D eigenvalue weighted by Crippen LogP contribution is 2.30. The Morgan fingerprint density at radius 2 is 2.28 bits per heavy atom. The maximum absolute atomic E-state index is 13.1. The minimum Gasteiger partial charge on any atom is -0.476 e. The molecule has 0 radical (unpaired) electrons. The number of hydrogen-bond acceptors (Lipinski definition) is 4. The van der Waals surface area contributed by atoms with Gasteiger partial charge in [-0.3, -0.25) is 0 Å². The molecule has 18 heavy (non-hydrogen) atoms. The van der Waals surface area contributed by atoms with Crippen molar-refractivity contribution >= 4 is 44.1 Å². The van der Waals surface area contributed by atoms with Crippen LogP contribution >= 0.6 is 27.3 Å². The van der Waals surface area contributed by atoms with Gasteiger partial charge in [0.25, 0.3) is 0 Å². The van der Waals surface area contributed by atoms with Crippen LogP contribution in [-0.4, -0.2) is 16.1 Å². The molecular weight excluding hydrogens is 323 g/mol. The molecule has 0 bridgehead atoms. The predicted octanol–water partition coefficient (Wildman–Crippen LogP) is 3.79. The molecule has 0 aliphatic heterocycles. The zero-order valence-corrected chi connectivity index (χ0v) is 11.6. The minimum atomic E-state index is -1.07. The highest BCUT2D eigenvalue weighted by Gasteiger charge is 2.14. The fourth-order valence-corrected chi connectivity index (χ4v) is 2.52. The van der Waals surface area contributed by atoms with Gasteiger partial charge in [0.15, 0.2) is 10.8 Å². The van der Waals surface area contributed by atoms with Crippen molar-refractivity contribution < 1.29 is 14.3 Å². The molecule has 0 fully saturated rings. The second kappa shape index (κ2) is 5.03. The number of nitrogens with one attached hydrogen (secondary N) is 1. The smallest absolute Gasteiger partial charge is 0.355 e. The van der Waals surface area contributed by atoms with Gasteiger partial charge in [-0.15, -0.1) is 11.3 Å². The molecule has 1 aromatic carbocycles. The molecule has 1 heterocycles. The standard InChI is InChI=1S/C11H8BrFN2O2S/c1-5-9(10(16)17)15-11(18-5)14-8-4-6(13)2-3-7(8)12/h2-4H,1H3,(H,14,15)(H,16,17). The fourth-order valence-electron chi connectivity index (χ4n) is 1.36. The SMILES string of the molecule is Cc1sc(Nc2cc(F)ccc2Br)nc1C(=O)O. The Hall–Kier alpha value is -1.47. The summed E-state index contributed by atoms with van der Waals surface area (Å²) >= 11 is 4.48. The zero-order chi connectivity index (χ0) is 13.3. The van der Waals surface area contributed by atoms with Gasteiger partial charge in [-0.25, -0.2) is 14.2 Å². The van der Waals surface area contributed by atoms with E-state index in [0.29, 0.717) is 20.2 Å². The lowest BCUT2D eigenvalue weighted by atomic mass is 10.3. The van der Waals surface area contributed by atoms with Gasteiger partial charge in [0.05, 0.1) is 5.69 Å². The molecule has 0 spiro atoms. The summed E-state index contributed by atoms with van der Waals surface area (Å²) in [5, 5.41) is 12.2. The Bertz CT molecular complexity index is 615. The third-order valence-electron chi connectivity index (χ3n) is 2.17. The van der Waals surface area contributed by atoms with Crippen LogP contribution in [0.25, 0.3) is 0 Å². The van der Waals surface area contributed by atoms with Crippen molar-refractivity contribution in [1.82, 2.24) is 4.98 Å². The number of benzene rings is 1. The maximum atomic E-state index is 13.1. The number of rotatable bonds is 3. The van der Waals surface area contributed by atoms with Crippen molar-refractivity contribution in [3.63, 3.8) is 0 Å². The summed E-state index contributed by atoms with van der Waals surface area (Å²) in [7, 11) is 0. The Labute approximate surface area is 115 Å². The summed E-state index contributed by atoms with van der Waals surface area (Å²) in [6, 6.07) is 4.20. The van der Waals surface area contributed by atoms with E-state index in [1.807, 2.05) is 0 Å². The zero-order valence-electron chi connectivity index (χ0n) is 9.20. The van der Waals surface area contributed by atoms with Crippen LogP contribution in [0.4, 0.5) is 15.2 Å². The molecule has 2 N–H and O–H groups in total. The van der Waals surface area contributed by atoms with Crippen LogP contribution in [0.3, 0.4) is 0 Å². The van der Waals surface area contributed by atoms with E-state index in [1.165, 1.54) is 23.5 Å². The van der Waals surface area contributed by atoms with Gasteiger partial charge in [0, 0.05) is 9.35 Å². The first kappa shape index (κ1) is 13.0. The number of carboxylic acids is 1. The number of carbonyl (C=O) groups is 1. The monoisotopic (exact) mass is 330 g/mol. The number of thiazole rings is 1. The van der Waals surface area contributed by atoms with Gasteiger partial charge in [-0.2, -0.15) is 0 Å². The third-order valence-corrected chi connectivity index (χ3v) is 3.75. The number of carboxylic acid groups (broad SMARTS) is 1. The summed E-state index contributed by atoms with van der Waals surface area (Å²) in [5.41, 5.74) is 0.510. The van der Waals surface area contributed by atoms with Crippen LogP contribution in [0.5, 0.6) is 0 Å². The Morgan fingerprint density at radius 3 is 2.89 bits per heavy atom. The van der Waals surface area contributed by atoms with Crippen molar-refractivity contribution in [2.24, 2.45) is 0 Å². The topological polar surface area (TPSA) is 62.2 Å². The molecule has 94 valence electrons. The van der Waals surface area contributed by atoms with Crippen molar-refractivity contribution in [3.8, 4) is 0 Å². The number of anilines is 2. The summed E-state index contributed by atoms with van der Waals surface area (Å²) in [6.45, 7) is 1.67. The molecule has 0 saturated heterocycles. The number of aromatic nitrogens is 1. The highest BCUT2D eigenvalue weighted by molar-refractivity contribution is 9.10. The molecular formula is C11H8BrFN2O2S. The van der Waals surface area contributed by atoms with Gasteiger partial charge >= 0.3 is 5.97 Å². The number of hydrogen-bond donors (Lipinski definition) is 2. The molecule has 0 unspecified atom stereocenters. The molecule has 0 saturated carbocycles. The first-order valence-electron chi connectivity index (χ1n) is 4.90.